The number of para-hydroxylation sites is 1. The largest absolute Gasteiger partial charge is 0.330 e. The standard InChI is InChI=1S/C16H21N3/c1-12-8-13(9-17)10-19(12)11-15-5-2-4-14-6-3-7-18-16(14)15/h2-7,12-13H,8-11,17H2,1H3. The van der Waals surface area contributed by atoms with E-state index in [0.29, 0.717) is 12.0 Å². The van der Waals surface area contributed by atoms with Gasteiger partial charge in [0.1, 0.15) is 0 Å². The van der Waals surface area contributed by atoms with Crippen molar-refractivity contribution >= 4 is 10.9 Å². The van der Waals surface area contributed by atoms with E-state index in [-0.39, 0.29) is 0 Å². The van der Waals surface area contributed by atoms with E-state index in [4.69, 9.17) is 5.73 Å². The van der Waals surface area contributed by atoms with Crippen LogP contribution in [0.25, 0.3) is 10.9 Å². The zero-order chi connectivity index (χ0) is 13.2. The highest BCUT2D eigenvalue weighted by molar-refractivity contribution is 5.81. The van der Waals surface area contributed by atoms with Gasteiger partial charge in [-0.3, -0.25) is 9.88 Å². The fourth-order valence-corrected chi connectivity index (χ4v) is 3.12. The van der Waals surface area contributed by atoms with Crippen LogP contribution in [0, 0.1) is 5.92 Å². The zero-order valence-electron chi connectivity index (χ0n) is 11.4. The van der Waals surface area contributed by atoms with Gasteiger partial charge >= 0.3 is 0 Å². The highest BCUT2D eigenvalue weighted by atomic mass is 15.2. The molecule has 1 aliphatic heterocycles. The number of benzene rings is 1. The van der Waals surface area contributed by atoms with E-state index < -0.39 is 0 Å². The molecule has 0 amide bonds. The summed E-state index contributed by atoms with van der Waals surface area (Å²) in [4.78, 5) is 7.06. The van der Waals surface area contributed by atoms with Crippen LogP contribution in [0.15, 0.2) is 36.5 Å². The van der Waals surface area contributed by atoms with Crippen molar-refractivity contribution in [2.24, 2.45) is 11.7 Å². The second kappa shape index (κ2) is 5.27. The number of hydrogen-bond acceptors (Lipinski definition) is 3. The van der Waals surface area contributed by atoms with E-state index in [2.05, 4.69) is 41.1 Å². The first kappa shape index (κ1) is 12.6. The number of aromatic nitrogens is 1. The van der Waals surface area contributed by atoms with Crippen molar-refractivity contribution in [1.29, 1.82) is 0 Å². The highest BCUT2D eigenvalue weighted by Gasteiger charge is 2.28. The molecule has 2 unspecified atom stereocenters. The van der Waals surface area contributed by atoms with Crippen molar-refractivity contribution in [3.8, 4) is 0 Å². The van der Waals surface area contributed by atoms with E-state index >= 15 is 0 Å². The lowest BCUT2D eigenvalue weighted by Gasteiger charge is -2.21. The molecule has 1 fully saturated rings. The second-order valence-corrected chi connectivity index (χ2v) is 5.61. The third-order valence-corrected chi connectivity index (χ3v) is 4.21. The molecule has 3 rings (SSSR count). The summed E-state index contributed by atoms with van der Waals surface area (Å²) in [7, 11) is 0. The predicted octanol–water partition coefficient (Wildman–Crippen LogP) is 2.40. The minimum absolute atomic E-state index is 0.618. The summed E-state index contributed by atoms with van der Waals surface area (Å²) in [6, 6.07) is 11.2. The lowest BCUT2D eigenvalue weighted by atomic mass is 10.1. The number of hydrogen-bond donors (Lipinski definition) is 1. The molecule has 3 heteroatoms. The Kier molecular flexibility index (Phi) is 3.49. The van der Waals surface area contributed by atoms with Gasteiger partial charge in [0.05, 0.1) is 5.52 Å². The molecule has 1 saturated heterocycles. The van der Waals surface area contributed by atoms with Crippen LogP contribution in [-0.4, -0.2) is 29.0 Å². The van der Waals surface area contributed by atoms with Gasteiger partial charge < -0.3 is 5.73 Å². The molecule has 0 aliphatic carbocycles. The molecular weight excluding hydrogens is 234 g/mol. The molecule has 3 nitrogen and oxygen atoms in total. The number of likely N-dealkylation sites (tertiary alicyclic amines) is 1. The quantitative estimate of drug-likeness (QED) is 0.915. The number of rotatable bonds is 3. The van der Waals surface area contributed by atoms with E-state index in [0.717, 1.165) is 25.2 Å². The van der Waals surface area contributed by atoms with Crippen LogP contribution >= 0.6 is 0 Å². The molecule has 2 N–H and O–H groups in total. The molecule has 2 heterocycles. The lowest BCUT2D eigenvalue weighted by molar-refractivity contribution is 0.256. The van der Waals surface area contributed by atoms with E-state index in [9.17, 15) is 0 Å². The van der Waals surface area contributed by atoms with Crippen LogP contribution in [0.2, 0.25) is 0 Å². The molecule has 2 aromatic rings. The zero-order valence-corrected chi connectivity index (χ0v) is 11.4. The Bertz CT molecular complexity index is 561. The van der Waals surface area contributed by atoms with Gasteiger partial charge in [0.15, 0.2) is 0 Å². The summed E-state index contributed by atoms with van der Waals surface area (Å²) < 4.78 is 0. The molecule has 0 bridgehead atoms. The van der Waals surface area contributed by atoms with Crippen molar-refractivity contribution in [3.05, 3.63) is 42.1 Å². The van der Waals surface area contributed by atoms with Crippen LogP contribution in [-0.2, 0) is 6.54 Å². The summed E-state index contributed by atoms with van der Waals surface area (Å²) in [5.41, 5.74) is 8.26. The Morgan fingerprint density at radius 1 is 1.32 bits per heavy atom. The van der Waals surface area contributed by atoms with Crippen molar-refractivity contribution in [2.75, 3.05) is 13.1 Å². The minimum atomic E-state index is 0.618. The SMILES string of the molecule is CC1CC(CN)CN1Cc1cccc2cccnc12. The molecule has 19 heavy (non-hydrogen) atoms. The smallest absolute Gasteiger partial charge is 0.0746 e. The van der Waals surface area contributed by atoms with Gasteiger partial charge in [-0.15, -0.1) is 0 Å². The summed E-state index contributed by atoms with van der Waals surface area (Å²) in [6.45, 7) is 5.19. The van der Waals surface area contributed by atoms with Gasteiger partial charge in [-0.05, 0) is 37.4 Å². The van der Waals surface area contributed by atoms with Crippen molar-refractivity contribution < 1.29 is 0 Å². The summed E-state index contributed by atoms with van der Waals surface area (Å²) in [5, 5.41) is 1.22. The molecule has 0 radical (unpaired) electrons. The van der Waals surface area contributed by atoms with E-state index in [1.807, 2.05) is 12.3 Å². The van der Waals surface area contributed by atoms with Gasteiger partial charge in [0.25, 0.3) is 0 Å². The summed E-state index contributed by atoms with van der Waals surface area (Å²) >= 11 is 0. The molecule has 1 aromatic carbocycles. The van der Waals surface area contributed by atoms with Crippen LogP contribution in [0.3, 0.4) is 0 Å². The van der Waals surface area contributed by atoms with Crippen molar-refractivity contribution in [2.45, 2.75) is 25.9 Å². The predicted molar refractivity (Wildman–Crippen MR) is 78.8 cm³/mol. The first-order valence-electron chi connectivity index (χ1n) is 7.04. The topological polar surface area (TPSA) is 42.1 Å². The monoisotopic (exact) mass is 255 g/mol. The fourth-order valence-electron chi connectivity index (χ4n) is 3.12. The average molecular weight is 255 g/mol. The first-order valence-corrected chi connectivity index (χ1v) is 7.04. The van der Waals surface area contributed by atoms with Crippen LogP contribution in [0.4, 0.5) is 0 Å². The molecule has 1 aromatic heterocycles. The summed E-state index contributed by atoms with van der Waals surface area (Å²) in [6.07, 6.45) is 3.09. The molecule has 1 aliphatic rings. The number of nitrogens with two attached hydrogens (primary N) is 1. The first-order chi connectivity index (χ1) is 9.28. The van der Waals surface area contributed by atoms with Gasteiger partial charge in [0.2, 0.25) is 0 Å². The second-order valence-electron chi connectivity index (χ2n) is 5.61. The van der Waals surface area contributed by atoms with Gasteiger partial charge in [-0.25, -0.2) is 0 Å². The molecule has 0 saturated carbocycles. The molecular formula is C16H21N3. The van der Waals surface area contributed by atoms with Crippen LogP contribution in [0.5, 0.6) is 0 Å². The van der Waals surface area contributed by atoms with Crippen molar-refractivity contribution in [3.63, 3.8) is 0 Å². The Labute approximate surface area is 114 Å². The number of pyridine rings is 1. The molecule has 2 atom stereocenters. The molecule has 100 valence electrons. The van der Waals surface area contributed by atoms with Crippen molar-refractivity contribution in [1.82, 2.24) is 9.88 Å². The normalized spacial score (nSPS) is 24.1. The lowest BCUT2D eigenvalue weighted by Crippen LogP contribution is -2.27. The number of nitrogens with zero attached hydrogens (tertiary/aromatic N) is 2. The van der Waals surface area contributed by atoms with E-state index in [1.165, 1.54) is 17.4 Å². The van der Waals surface area contributed by atoms with Gasteiger partial charge in [0, 0.05) is 30.7 Å². The Hall–Kier alpha value is -1.45. The third kappa shape index (κ3) is 2.48. The maximum atomic E-state index is 5.80. The minimum Gasteiger partial charge on any atom is -0.330 e. The maximum Gasteiger partial charge on any atom is 0.0746 e. The number of fused-ring (bicyclic) bond motifs is 1. The van der Waals surface area contributed by atoms with Gasteiger partial charge in [-0.2, -0.15) is 0 Å². The third-order valence-electron chi connectivity index (χ3n) is 4.21. The van der Waals surface area contributed by atoms with E-state index in [1.54, 1.807) is 0 Å². The van der Waals surface area contributed by atoms with Gasteiger partial charge in [-0.1, -0.05) is 24.3 Å². The Morgan fingerprint density at radius 2 is 2.16 bits per heavy atom. The maximum absolute atomic E-state index is 5.80. The molecule has 0 spiro atoms. The average Bonchev–Trinajstić information content (AvgIpc) is 2.80. The van der Waals surface area contributed by atoms with Crippen LogP contribution < -0.4 is 5.73 Å². The van der Waals surface area contributed by atoms with Crippen LogP contribution in [0.1, 0.15) is 18.9 Å². The Morgan fingerprint density at radius 3 is 2.95 bits per heavy atom. The highest BCUT2D eigenvalue weighted by Crippen LogP contribution is 2.26. The fraction of sp³-hybridized carbons (Fsp3) is 0.438. The summed E-state index contributed by atoms with van der Waals surface area (Å²) in [5.74, 6) is 0.651. The Balaban J connectivity index is 1.86.